The van der Waals surface area contributed by atoms with Crippen molar-refractivity contribution >= 4 is 11.1 Å². The Morgan fingerprint density at radius 3 is 2.83 bits per heavy atom. The molecule has 0 saturated heterocycles. The van der Waals surface area contributed by atoms with E-state index in [-0.39, 0.29) is 5.56 Å². The molecule has 0 bridgehead atoms. The van der Waals surface area contributed by atoms with E-state index in [0.717, 1.165) is 16.7 Å². The maximum absolute atomic E-state index is 11.3. The SMILES string of the molecule is Cc1c[nH]c(=O)cc1-c1ccc2[nH]c(=O)oc2c1. The summed E-state index contributed by atoms with van der Waals surface area (Å²) in [5.41, 5.74) is 3.58. The average Bonchev–Trinajstić information content (AvgIpc) is 2.71. The summed E-state index contributed by atoms with van der Waals surface area (Å²) >= 11 is 0. The van der Waals surface area contributed by atoms with Crippen LogP contribution in [0, 0.1) is 6.92 Å². The molecule has 5 nitrogen and oxygen atoms in total. The minimum absolute atomic E-state index is 0.161. The third-order valence-corrected chi connectivity index (χ3v) is 2.86. The second-order valence-electron chi connectivity index (χ2n) is 4.12. The first-order valence-electron chi connectivity index (χ1n) is 5.46. The van der Waals surface area contributed by atoms with Crippen LogP contribution in [0.25, 0.3) is 22.2 Å². The molecule has 2 aromatic heterocycles. The van der Waals surface area contributed by atoms with Crippen LogP contribution in [0.15, 0.2) is 44.5 Å². The van der Waals surface area contributed by atoms with Crippen molar-refractivity contribution in [3.05, 3.63) is 56.9 Å². The van der Waals surface area contributed by atoms with Crippen LogP contribution in [-0.2, 0) is 0 Å². The highest BCUT2D eigenvalue weighted by Crippen LogP contribution is 2.24. The number of hydrogen-bond donors (Lipinski definition) is 2. The Labute approximate surface area is 101 Å². The Morgan fingerprint density at radius 1 is 1.17 bits per heavy atom. The molecule has 0 radical (unpaired) electrons. The fourth-order valence-electron chi connectivity index (χ4n) is 1.97. The van der Waals surface area contributed by atoms with Crippen LogP contribution in [0.5, 0.6) is 0 Å². The highest BCUT2D eigenvalue weighted by Gasteiger charge is 2.06. The molecule has 2 N–H and O–H groups in total. The minimum atomic E-state index is -0.482. The number of fused-ring (bicyclic) bond motifs is 1. The number of aryl methyl sites for hydroxylation is 1. The van der Waals surface area contributed by atoms with Crippen molar-refractivity contribution in [1.29, 1.82) is 0 Å². The molecule has 0 spiro atoms. The lowest BCUT2D eigenvalue weighted by Crippen LogP contribution is -2.04. The summed E-state index contributed by atoms with van der Waals surface area (Å²) in [5, 5.41) is 0. The first-order valence-corrected chi connectivity index (χ1v) is 5.46. The number of aromatic nitrogens is 2. The van der Waals surface area contributed by atoms with Gasteiger partial charge in [0.1, 0.15) is 0 Å². The van der Waals surface area contributed by atoms with Gasteiger partial charge in [0.15, 0.2) is 5.58 Å². The van der Waals surface area contributed by atoms with Gasteiger partial charge in [-0.1, -0.05) is 6.07 Å². The number of hydrogen-bond acceptors (Lipinski definition) is 3. The van der Waals surface area contributed by atoms with Gasteiger partial charge in [0, 0.05) is 12.3 Å². The molecule has 0 unspecified atom stereocenters. The summed E-state index contributed by atoms with van der Waals surface area (Å²) in [6.45, 7) is 1.91. The van der Waals surface area contributed by atoms with Gasteiger partial charge in [-0.25, -0.2) is 4.79 Å². The summed E-state index contributed by atoms with van der Waals surface area (Å²) in [4.78, 5) is 27.6. The van der Waals surface area contributed by atoms with E-state index in [1.54, 1.807) is 18.3 Å². The molecule has 1 aromatic carbocycles. The fraction of sp³-hybridized carbons (Fsp3) is 0.0769. The Hall–Kier alpha value is -2.56. The molecule has 0 saturated carbocycles. The van der Waals surface area contributed by atoms with E-state index in [0.29, 0.717) is 11.1 Å². The molecule has 3 aromatic rings. The molecule has 0 amide bonds. The smallest absolute Gasteiger partial charge is 0.408 e. The molecule has 0 aliphatic rings. The molecule has 0 fully saturated rings. The van der Waals surface area contributed by atoms with Crippen LogP contribution in [0.4, 0.5) is 0 Å². The fourth-order valence-corrected chi connectivity index (χ4v) is 1.97. The topological polar surface area (TPSA) is 78.9 Å². The van der Waals surface area contributed by atoms with Crippen LogP contribution in [0.1, 0.15) is 5.56 Å². The second-order valence-corrected chi connectivity index (χ2v) is 4.12. The lowest BCUT2D eigenvalue weighted by molar-refractivity contribution is 0.555. The predicted octanol–water partition coefficient (Wildman–Crippen LogP) is 1.78. The molecule has 2 heterocycles. The van der Waals surface area contributed by atoms with Crippen LogP contribution in [0.3, 0.4) is 0 Å². The second kappa shape index (κ2) is 3.73. The summed E-state index contributed by atoms with van der Waals surface area (Å²) < 4.78 is 5.00. The van der Waals surface area contributed by atoms with E-state index < -0.39 is 5.76 Å². The van der Waals surface area contributed by atoms with Gasteiger partial charge in [0.2, 0.25) is 5.56 Å². The number of H-pyrrole nitrogens is 2. The zero-order chi connectivity index (χ0) is 12.7. The molecule has 0 aliphatic heterocycles. The van der Waals surface area contributed by atoms with E-state index in [1.807, 2.05) is 13.0 Å². The third kappa shape index (κ3) is 1.66. The molecule has 0 atom stereocenters. The van der Waals surface area contributed by atoms with E-state index in [4.69, 9.17) is 4.42 Å². The Morgan fingerprint density at radius 2 is 2.00 bits per heavy atom. The molecule has 90 valence electrons. The maximum Gasteiger partial charge on any atom is 0.417 e. The van der Waals surface area contributed by atoms with E-state index >= 15 is 0 Å². The van der Waals surface area contributed by atoms with Crippen LogP contribution in [-0.4, -0.2) is 9.97 Å². The van der Waals surface area contributed by atoms with Crippen molar-refractivity contribution in [2.45, 2.75) is 6.92 Å². The van der Waals surface area contributed by atoms with Gasteiger partial charge in [-0.15, -0.1) is 0 Å². The highest BCUT2D eigenvalue weighted by molar-refractivity contribution is 5.80. The van der Waals surface area contributed by atoms with Crippen molar-refractivity contribution in [1.82, 2.24) is 9.97 Å². The monoisotopic (exact) mass is 242 g/mol. The van der Waals surface area contributed by atoms with Gasteiger partial charge in [-0.2, -0.15) is 0 Å². The zero-order valence-corrected chi connectivity index (χ0v) is 9.61. The highest BCUT2D eigenvalue weighted by atomic mass is 16.4. The quantitative estimate of drug-likeness (QED) is 0.682. The van der Waals surface area contributed by atoms with Gasteiger partial charge in [-0.3, -0.25) is 9.78 Å². The number of rotatable bonds is 1. The molecular formula is C13H10N2O3. The van der Waals surface area contributed by atoms with Gasteiger partial charge in [0.05, 0.1) is 5.52 Å². The number of aromatic amines is 2. The molecule has 5 heteroatoms. The summed E-state index contributed by atoms with van der Waals surface area (Å²) in [7, 11) is 0. The van der Waals surface area contributed by atoms with Gasteiger partial charge in [-0.05, 0) is 35.7 Å². The molecule has 18 heavy (non-hydrogen) atoms. The van der Waals surface area contributed by atoms with Crippen LogP contribution in [0.2, 0.25) is 0 Å². The predicted molar refractivity (Wildman–Crippen MR) is 67.6 cm³/mol. The lowest BCUT2D eigenvalue weighted by Gasteiger charge is -2.04. The number of oxazole rings is 1. The van der Waals surface area contributed by atoms with Crippen molar-refractivity contribution in [3.63, 3.8) is 0 Å². The van der Waals surface area contributed by atoms with E-state index in [9.17, 15) is 9.59 Å². The Bertz CT molecular complexity index is 839. The van der Waals surface area contributed by atoms with Gasteiger partial charge < -0.3 is 9.40 Å². The standard InChI is InChI=1S/C13H10N2O3/c1-7-6-14-12(16)5-9(7)8-2-3-10-11(4-8)18-13(17)15-10/h2-6H,1H3,(H,14,16)(H,15,17). The zero-order valence-electron chi connectivity index (χ0n) is 9.61. The molecular weight excluding hydrogens is 232 g/mol. The molecule has 3 rings (SSSR count). The number of benzene rings is 1. The Kier molecular flexibility index (Phi) is 2.19. The van der Waals surface area contributed by atoms with Crippen LogP contribution < -0.4 is 11.3 Å². The third-order valence-electron chi connectivity index (χ3n) is 2.86. The normalized spacial score (nSPS) is 10.9. The number of pyridine rings is 1. The maximum atomic E-state index is 11.3. The van der Waals surface area contributed by atoms with Gasteiger partial charge >= 0.3 is 5.76 Å². The lowest BCUT2D eigenvalue weighted by atomic mass is 10.0. The van der Waals surface area contributed by atoms with Gasteiger partial charge in [0.25, 0.3) is 0 Å². The summed E-state index contributed by atoms with van der Waals surface area (Å²) in [6.07, 6.45) is 1.66. The largest absolute Gasteiger partial charge is 0.417 e. The van der Waals surface area contributed by atoms with Crippen molar-refractivity contribution in [2.75, 3.05) is 0 Å². The minimum Gasteiger partial charge on any atom is -0.408 e. The first-order chi connectivity index (χ1) is 8.63. The number of nitrogens with one attached hydrogen (secondary N) is 2. The van der Waals surface area contributed by atoms with Crippen molar-refractivity contribution in [2.24, 2.45) is 0 Å². The van der Waals surface area contributed by atoms with E-state index in [2.05, 4.69) is 9.97 Å². The van der Waals surface area contributed by atoms with Crippen molar-refractivity contribution < 1.29 is 4.42 Å². The molecule has 0 aliphatic carbocycles. The van der Waals surface area contributed by atoms with Crippen LogP contribution >= 0.6 is 0 Å². The first kappa shape index (κ1) is 10.6. The summed E-state index contributed by atoms with van der Waals surface area (Å²) in [6, 6.07) is 6.88. The average molecular weight is 242 g/mol. The Balaban J connectivity index is 2.27. The van der Waals surface area contributed by atoms with E-state index in [1.165, 1.54) is 6.07 Å². The summed E-state index contributed by atoms with van der Waals surface area (Å²) in [5.74, 6) is -0.482. The van der Waals surface area contributed by atoms with Crippen molar-refractivity contribution in [3.8, 4) is 11.1 Å².